The average Bonchev–Trinajstić information content (AvgIpc) is 2.87. The van der Waals surface area contributed by atoms with Gasteiger partial charge in [-0.05, 0) is 12.5 Å². The Bertz CT molecular complexity index is 624. The molecule has 1 amide bonds. The molecule has 0 saturated carbocycles. The van der Waals surface area contributed by atoms with Gasteiger partial charge in [0.25, 0.3) is 5.91 Å². The van der Waals surface area contributed by atoms with Crippen LogP contribution < -0.4 is 5.32 Å². The molecule has 0 radical (unpaired) electrons. The van der Waals surface area contributed by atoms with Crippen molar-refractivity contribution in [3.8, 4) is 0 Å². The molecule has 2 aromatic rings. The summed E-state index contributed by atoms with van der Waals surface area (Å²) in [5.41, 5.74) is 1.22. The maximum absolute atomic E-state index is 11.9. The lowest BCUT2D eigenvalue weighted by molar-refractivity contribution is -0.137. The zero-order valence-corrected chi connectivity index (χ0v) is 11.6. The number of carbonyl (C=O) groups is 2. The number of rotatable bonds is 6. The van der Waals surface area contributed by atoms with Gasteiger partial charge in [0.05, 0.1) is 19.2 Å². The summed E-state index contributed by atoms with van der Waals surface area (Å²) in [6, 6.07) is 9.22. The first-order valence-corrected chi connectivity index (χ1v) is 6.51. The van der Waals surface area contributed by atoms with E-state index in [9.17, 15) is 9.59 Å². The lowest BCUT2D eigenvalue weighted by Gasteiger charge is -2.09. The van der Waals surface area contributed by atoms with Crippen molar-refractivity contribution < 1.29 is 14.7 Å². The molecule has 1 aromatic carbocycles. The normalized spacial score (nSPS) is 11.9. The van der Waals surface area contributed by atoms with Gasteiger partial charge in [-0.3, -0.25) is 9.59 Å². The number of hydrogen-bond acceptors (Lipinski definition) is 4. The number of hydrogen-bond donors (Lipinski definition) is 2. The third-order valence-corrected chi connectivity index (χ3v) is 2.82. The molecule has 0 spiro atoms. The molecular weight excluding hydrogens is 272 g/mol. The Morgan fingerprint density at radius 2 is 2.05 bits per heavy atom. The monoisotopic (exact) mass is 288 g/mol. The summed E-state index contributed by atoms with van der Waals surface area (Å²) >= 11 is 0. The molecule has 110 valence electrons. The fraction of sp³-hybridized carbons (Fsp3) is 0.286. The van der Waals surface area contributed by atoms with Crippen molar-refractivity contribution in [2.24, 2.45) is 0 Å². The zero-order valence-electron chi connectivity index (χ0n) is 11.6. The van der Waals surface area contributed by atoms with Gasteiger partial charge in [0, 0.05) is 6.04 Å². The second-order valence-corrected chi connectivity index (χ2v) is 4.76. The molecule has 0 aliphatic heterocycles. The molecule has 0 saturated heterocycles. The van der Waals surface area contributed by atoms with Gasteiger partial charge in [-0.15, -0.1) is 5.10 Å². The predicted molar refractivity (Wildman–Crippen MR) is 74.7 cm³/mol. The Kier molecular flexibility index (Phi) is 4.65. The molecule has 1 unspecified atom stereocenters. The number of aromatic nitrogens is 3. The number of aliphatic carboxylic acids is 1. The number of amides is 1. The minimum atomic E-state index is -0.962. The number of carboxylic acids is 1. The van der Waals surface area contributed by atoms with Crippen LogP contribution >= 0.6 is 0 Å². The predicted octanol–water partition coefficient (Wildman–Crippen LogP) is 0.919. The first-order chi connectivity index (χ1) is 10.0. The van der Waals surface area contributed by atoms with E-state index < -0.39 is 17.9 Å². The van der Waals surface area contributed by atoms with E-state index in [0.717, 1.165) is 5.56 Å². The molecule has 21 heavy (non-hydrogen) atoms. The van der Waals surface area contributed by atoms with Crippen LogP contribution in [-0.4, -0.2) is 38.0 Å². The first-order valence-electron chi connectivity index (χ1n) is 6.51. The van der Waals surface area contributed by atoms with Gasteiger partial charge in [-0.25, -0.2) is 4.68 Å². The molecular formula is C14H16N4O3. The van der Waals surface area contributed by atoms with Gasteiger partial charge < -0.3 is 10.4 Å². The molecule has 1 atom stereocenters. The second-order valence-electron chi connectivity index (χ2n) is 4.76. The van der Waals surface area contributed by atoms with Crippen LogP contribution in [0.1, 0.15) is 29.4 Å². The van der Waals surface area contributed by atoms with E-state index in [1.165, 1.54) is 6.20 Å². The molecule has 7 heteroatoms. The second kappa shape index (κ2) is 6.65. The Labute approximate surface area is 121 Å². The summed E-state index contributed by atoms with van der Waals surface area (Å²) in [5, 5.41) is 18.9. The third kappa shape index (κ3) is 4.41. The van der Waals surface area contributed by atoms with Crippen molar-refractivity contribution in [1.82, 2.24) is 20.3 Å². The standard InChI is InChI=1S/C14H16N4O3/c1-10(7-13(19)20)15-14(21)12-9-18(17-16-12)8-11-5-3-2-4-6-11/h2-6,9-10H,7-8H2,1H3,(H,15,21)(H,19,20). The summed E-state index contributed by atoms with van der Waals surface area (Å²) in [6.45, 7) is 2.15. The van der Waals surface area contributed by atoms with Crippen LogP contribution in [0.25, 0.3) is 0 Å². The molecule has 2 rings (SSSR count). The number of carboxylic acid groups (broad SMARTS) is 1. The van der Waals surface area contributed by atoms with E-state index >= 15 is 0 Å². The van der Waals surface area contributed by atoms with Crippen LogP contribution in [0, 0.1) is 0 Å². The third-order valence-electron chi connectivity index (χ3n) is 2.82. The summed E-state index contributed by atoms with van der Waals surface area (Å²) in [4.78, 5) is 22.4. The minimum absolute atomic E-state index is 0.135. The zero-order chi connectivity index (χ0) is 15.2. The number of benzene rings is 1. The summed E-state index contributed by atoms with van der Waals surface area (Å²) in [5.74, 6) is -1.39. The number of nitrogens with one attached hydrogen (secondary N) is 1. The molecule has 1 heterocycles. The van der Waals surface area contributed by atoms with Gasteiger partial charge in [0.2, 0.25) is 0 Å². The lowest BCUT2D eigenvalue weighted by atomic mass is 10.2. The molecule has 0 fully saturated rings. The van der Waals surface area contributed by atoms with E-state index in [0.29, 0.717) is 6.54 Å². The molecule has 0 aliphatic carbocycles. The smallest absolute Gasteiger partial charge is 0.305 e. The fourth-order valence-electron chi connectivity index (χ4n) is 1.86. The van der Waals surface area contributed by atoms with Gasteiger partial charge in [0.1, 0.15) is 0 Å². The van der Waals surface area contributed by atoms with Gasteiger partial charge >= 0.3 is 5.97 Å². The van der Waals surface area contributed by atoms with E-state index in [1.54, 1.807) is 11.6 Å². The Balaban J connectivity index is 1.96. The number of carbonyl (C=O) groups excluding carboxylic acids is 1. The van der Waals surface area contributed by atoms with E-state index in [4.69, 9.17) is 5.11 Å². The first kappa shape index (κ1) is 14.7. The highest BCUT2D eigenvalue weighted by Gasteiger charge is 2.15. The molecule has 2 N–H and O–H groups in total. The summed E-state index contributed by atoms with van der Waals surface area (Å²) in [6.07, 6.45) is 1.40. The maximum Gasteiger partial charge on any atom is 0.305 e. The lowest BCUT2D eigenvalue weighted by Crippen LogP contribution is -2.34. The van der Waals surface area contributed by atoms with E-state index in [2.05, 4.69) is 15.6 Å². The van der Waals surface area contributed by atoms with Gasteiger partial charge in [-0.2, -0.15) is 0 Å². The molecule has 1 aromatic heterocycles. The Morgan fingerprint density at radius 3 is 2.71 bits per heavy atom. The largest absolute Gasteiger partial charge is 0.481 e. The van der Waals surface area contributed by atoms with E-state index in [-0.39, 0.29) is 12.1 Å². The fourth-order valence-corrected chi connectivity index (χ4v) is 1.86. The minimum Gasteiger partial charge on any atom is -0.481 e. The van der Waals surface area contributed by atoms with Crippen LogP contribution in [0.3, 0.4) is 0 Å². The van der Waals surface area contributed by atoms with Crippen LogP contribution in [0.2, 0.25) is 0 Å². The van der Waals surface area contributed by atoms with Crippen molar-refractivity contribution in [3.05, 3.63) is 47.8 Å². The Morgan fingerprint density at radius 1 is 1.33 bits per heavy atom. The van der Waals surface area contributed by atoms with Crippen molar-refractivity contribution >= 4 is 11.9 Å². The highest BCUT2D eigenvalue weighted by molar-refractivity contribution is 5.92. The topological polar surface area (TPSA) is 97.1 Å². The summed E-state index contributed by atoms with van der Waals surface area (Å²) < 4.78 is 1.56. The number of nitrogens with zero attached hydrogens (tertiary/aromatic N) is 3. The van der Waals surface area contributed by atoms with Crippen LogP contribution in [0.5, 0.6) is 0 Å². The molecule has 0 aliphatic rings. The van der Waals surface area contributed by atoms with Gasteiger partial charge in [0.15, 0.2) is 5.69 Å². The van der Waals surface area contributed by atoms with Crippen molar-refractivity contribution in [1.29, 1.82) is 0 Å². The maximum atomic E-state index is 11.9. The highest BCUT2D eigenvalue weighted by atomic mass is 16.4. The van der Waals surface area contributed by atoms with Crippen LogP contribution in [0.4, 0.5) is 0 Å². The highest BCUT2D eigenvalue weighted by Crippen LogP contribution is 2.02. The molecule has 0 bridgehead atoms. The average molecular weight is 288 g/mol. The van der Waals surface area contributed by atoms with Crippen LogP contribution in [0.15, 0.2) is 36.5 Å². The summed E-state index contributed by atoms with van der Waals surface area (Å²) in [7, 11) is 0. The van der Waals surface area contributed by atoms with Crippen molar-refractivity contribution in [3.63, 3.8) is 0 Å². The van der Waals surface area contributed by atoms with E-state index in [1.807, 2.05) is 30.3 Å². The van der Waals surface area contributed by atoms with Crippen molar-refractivity contribution in [2.75, 3.05) is 0 Å². The van der Waals surface area contributed by atoms with Gasteiger partial charge in [-0.1, -0.05) is 35.5 Å². The SMILES string of the molecule is CC(CC(=O)O)NC(=O)c1cn(Cc2ccccc2)nn1. The quantitative estimate of drug-likeness (QED) is 0.823. The molecule has 7 nitrogen and oxygen atoms in total. The Hall–Kier alpha value is -2.70. The van der Waals surface area contributed by atoms with Crippen molar-refractivity contribution in [2.45, 2.75) is 25.9 Å². The van der Waals surface area contributed by atoms with Crippen LogP contribution in [-0.2, 0) is 11.3 Å².